The van der Waals surface area contributed by atoms with Crippen LogP contribution in [0.1, 0.15) is 0 Å². The number of aromatic nitrogens is 1. The molecule has 0 unspecified atom stereocenters. The number of fused-ring (bicyclic) bond motifs is 1. The van der Waals surface area contributed by atoms with Crippen molar-refractivity contribution in [3.05, 3.63) is 35.5 Å². The van der Waals surface area contributed by atoms with E-state index in [2.05, 4.69) is 9.71 Å². The molecule has 0 fully saturated rings. The quantitative estimate of drug-likeness (QED) is 0.897. The van der Waals surface area contributed by atoms with Crippen molar-refractivity contribution in [2.75, 3.05) is 11.0 Å². The predicted molar refractivity (Wildman–Crippen MR) is 65.2 cm³/mol. The topological polar surface area (TPSA) is 59.1 Å². The molecular formula is C10H9ClN2O2S. The number of hydrogen-bond donors (Lipinski definition) is 1. The zero-order chi connectivity index (χ0) is 11.8. The normalized spacial score (nSPS) is 11.6. The van der Waals surface area contributed by atoms with Crippen molar-refractivity contribution in [2.24, 2.45) is 0 Å². The van der Waals surface area contributed by atoms with Crippen molar-refractivity contribution in [1.82, 2.24) is 4.98 Å². The molecule has 1 heterocycles. The molecule has 0 spiro atoms. The lowest BCUT2D eigenvalue weighted by molar-refractivity contribution is 0.607. The molecule has 4 nitrogen and oxygen atoms in total. The Labute approximate surface area is 98.3 Å². The molecule has 0 amide bonds. The number of benzene rings is 1. The summed E-state index contributed by atoms with van der Waals surface area (Å²) in [5.41, 5.74) is 0.975. The van der Waals surface area contributed by atoms with Crippen molar-refractivity contribution in [1.29, 1.82) is 0 Å². The molecule has 0 aliphatic carbocycles. The largest absolute Gasteiger partial charge is 0.282 e. The van der Waals surface area contributed by atoms with Gasteiger partial charge < -0.3 is 0 Å². The minimum absolute atomic E-state index is 0.433. The monoisotopic (exact) mass is 256 g/mol. The van der Waals surface area contributed by atoms with Crippen molar-refractivity contribution in [3.8, 4) is 0 Å². The number of anilines is 1. The first-order valence-electron chi connectivity index (χ1n) is 4.48. The van der Waals surface area contributed by atoms with Crippen molar-refractivity contribution >= 4 is 38.2 Å². The average Bonchev–Trinajstić information content (AvgIpc) is 2.21. The SMILES string of the molecule is CS(=O)(=O)Nc1ccc(Cl)c2cccnc12. The number of nitrogens with zero attached hydrogens (tertiary/aromatic N) is 1. The van der Waals surface area contributed by atoms with Gasteiger partial charge in [0.15, 0.2) is 0 Å². The molecule has 2 aromatic rings. The lowest BCUT2D eigenvalue weighted by Crippen LogP contribution is -2.10. The van der Waals surface area contributed by atoms with Crippen LogP contribution in [-0.4, -0.2) is 19.7 Å². The maximum absolute atomic E-state index is 11.2. The third-order valence-electron chi connectivity index (χ3n) is 2.01. The molecule has 0 saturated carbocycles. The van der Waals surface area contributed by atoms with E-state index in [9.17, 15) is 8.42 Å². The Morgan fingerprint density at radius 1 is 1.31 bits per heavy atom. The Balaban J connectivity index is 2.68. The summed E-state index contributed by atoms with van der Waals surface area (Å²) in [5.74, 6) is 0. The molecule has 0 atom stereocenters. The first kappa shape index (κ1) is 11.2. The summed E-state index contributed by atoms with van der Waals surface area (Å²) in [6.07, 6.45) is 2.68. The standard InChI is InChI=1S/C10H9ClN2O2S/c1-16(14,15)13-9-5-4-8(11)7-3-2-6-12-10(7)9/h2-6,13H,1H3. The van der Waals surface area contributed by atoms with E-state index in [-0.39, 0.29) is 0 Å². The van der Waals surface area contributed by atoms with Crippen molar-refractivity contribution in [3.63, 3.8) is 0 Å². The van der Waals surface area contributed by atoms with Crippen LogP contribution in [0, 0.1) is 0 Å². The maximum Gasteiger partial charge on any atom is 0.229 e. The summed E-state index contributed by atoms with van der Waals surface area (Å²) in [5, 5.41) is 1.26. The molecule has 2 rings (SSSR count). The minimum atomic E-state index is -3.31. The van der Waals surface area contributed by atoms with Crippen LogP contribution in [-0.2, 0) is 10.0 Å². The predicted octanol–water partition coefficient (Wildman–Crippen LogP) is 2.26. The number of nitrogens with one attached hydrogen (secondary N) is 1. The summed E-state index contributed by atoms with van der Waals surface area (Å²) in [6, 6.07) is 6.77. The van der Waals surface area contributed by atoms with E-state index in [0.29, 0.717) is 16.2 Å². The molecule has 6 heteroatoms. The van der Waals surface area contributed by atoms with Gasteiger partial charge in [-0.1, -0.05) is 11.6 Å². The fourth-order valence-corrected chi connectivity index (χ4v) is 2.20. The van der Waals surface area contributed by atoms with E-state index in [1.54, 1.807) is 30.5 Å². The van der Waals surface area contributed by atoms with Crippen molar-refractivity contribution in [2.45, 2.75) is 0 Å². The van der Waals surface area contributed by atoms with E-state index in [1.165, 1.54) is 0 Å². The Bertz CT molecular complexity index is 640. The van der Waals surface area contributed by atoms with E-state index >= 15 is 0 Å². The molecule has 0 bridgehead atoms. The molecule has 1 N–H and O–H groups in total. The summed E-state index contributed by atoms with van der Waals surface area (Å²) in [6.45, 7) is 0. The Morgan fingerprint density at radius 2 is 2.06 bits per heavy atom. The Kier molecular flexibility index (Phi) is 2.73. The second kappa shape index (κ2) is 3.92. The first-order valence-corrected chi connectivity index (χ1v) is 6.75. The molecule has 0 saturated heterocycles. The van der Waals surface area contributed by atoms with E-state index < -0.39 is 10.0 Å². The summed E-state index contributed by atoms with van der Waals surface area (Å²) < 4.78 is 24.7. The van der Waals surface area contributed by atoms with Crippen LogP contribution in [0.4, 0.5) is 5.69 Å². The highest BCUT2D eigenvalue weighted by molar-refractivity contribution is 7.92. The van der Waals surface area contributed by atoms with Crippen LogP contribution in [0.25, 0.3) is 10.9 Å². The van der Waals surface area contributed by atoms with Gasteiger partial charge in [0.2, 0.25) is 10.0 Å². The number of sulfonamides is 1. The van der Waals surface area contributed by atoms with Gasteiger partial charge in [-0.2, -0.15) is 0 Å². The smallest absolute Gasteiger partial charge is 0.229 e. The van der Waals surface area contributed by atoms with Gasteiger partial charge in [-0.3, -0.25) is 9.71 Å². The van der Waals surface area contributed by atoms with Crippen LogP contribution >= 0.6 is 11.6 Å². The van der Waals surface area contributed by atoms with Gasteiger partial charge in [-0.15, -0.1) is 0 Å². The molecule has 84 valence electrons. The highest BCUT2D eigenvalue weighted by Crippen LogP contribution is 2.28. The first-order chi connectivity index (χ1) is 7.47. The average molecular weight is 257 g/mol. The highest BCUT2D eigenvalue weighted by atomic mass is 35.5. The van der Waals surface area contributed by atoms with Crippen LogP contribution < -0.4 is 4.72 Å². The third-order valence-corrected chi connectivity index (χ3v) is 2.93. The highest BCUT2D eigenvalue weighted by Gasteiger charge is 2.08. The van der Waals surface area contributed by atoms with Crippen LogP contribution in [0.15, 0.2) is 30.5 Å². The zero-order valence-electron chi connectivity index (χ0n) is 8.44. The number of pyridine rings is 1. The van der Waals surface area contributed by atoms with Gasteiger partial charge in [0.1, 0.15) is 0 Å². The van der Waals surface area contributed by atoms with Crippen LogP contribution in [0.2, 0.25) is 5.02 Å². The van der Waals surface area contributed by atoms with Gasteiger partial charge in [0.05, 0.1) is 22.5 Å². The lowest BCUT2D eigenvalue weighted by Gasteiger charge is -2.07. The number of hydrogen-bond acceptors (Lipinski definition) is 3. The Hall–Kier alpha value is -1.33. The summed E-state index contributed by atoms with van der Waals surface area (Å²) in [4.78, 5) is 4.11. The second-order valence-electron chi connectivity index (χ2n) is 3.37. The van der Waals surface area contributed by atoms with Gasteiger partial charge in [0.25, 0.3) is 0 Å². The molecule has 0 aliphatic heterocycles. The van der Waals surface area contributed by atoms with Gasteiger partial charge >= 0.3 is 0 Å². The van der Waals surface area contributed by atoms with Gasteiger partial charge in [-0.25, -0.2) is 8.42 Å². The molecular weight excluding hydrogens is 248 g/mol. The lowest BCUT2D eigenvalue weighted by atomic mass is 10.2. The summed E-state index contributed by atoms with van der Waals surface area (Å²) >= 11 is 5.98. The number of rotatable bonds is 2. The number of halogens is 1. The second-order valence-corrected chi connectivity index (χ2v) is 5.52. The zero-order valence-corrected chi connectivity index (χ0v) is 10.0. The van der Waals surface area contributed by atoms with Crippen molar-refractivity contribution < 1.29 is 8.42 Å². The molecule has 1 aromatic heterocycles. The third kappa shape index (κ3) is 2.25. The van der Waals surface area contributed by atoms with Gasteiger partial charge in [-0.05, 0) is 24.3 Å². The van der Waals surface area contributed by atoms with Crippen LogP contribution in [0.5, 0.6) is 0 Å². The fraction of sp³-hybridized carbons (Fsp3) is 0.100. The van der Waals surface area contributed by atoms with E-state index in [4.69, 9.17) is 11.6 Å². The molecule has 0 radical (unpaired) electrons. The molecule has 1 aromatic carbocycles. The summed E-state index contributed by atoms with van der Waals surface area (Å²) in [7, 11) is -3.31. The van der Waals surface area contributed by atoms with E-state index in [0.717, 1.165) is 11.6 Å². The van der Waals surface area contributed by atoms with Gasteiger partial charge in [0, 0.05) is 11.6 Å². The molecule has 16 heavy (non-hydrogen) atoms. The van der Waals surface area contributed by atoms with E-state index in [1.807, 2.05) is 0 Å². The molecule has 0 aliphatic rings. The Morgan fingerprint density at radius 3 is 2.75 bits per heavy atom. The minimum Gasteiger partial charge on any atom is -0.282 e. The fourth-order valence-electron chi connectivity index (χ4n) is 1.42. The van der Waals surface area contributed by atoms with Crippen LogP contribution in [0.3, 0.4) is 0 Å². The maximum atomic E-state index is 11.2.